The van der Waals surface area contributed by atoms with Gasteiger partial charge in [0.05, 0.1) is 0 Å². The van der Waals surface area contributed by atoms with Gasteiger partial charge in [0.25, 0.3) is 0 Å². The van der Waals surface area contributed by atoms with E-state index in [2.05, 4.69) is 52.2 Å². The molecule has 0 aliphatic rings. The molecule has 13 heavy (non-hydrogen) atoms. The van der Waals surface area contributed by atoms with Crippen molar-refractivity contribution < 1.29 is 0 Å². The number of hydrogen-bond donors (Lipinski definition) is 0. The third kappa shape index (κ3) is 4.82. The molecule has 0 heterocycles. The first-order valence-electron chi connectivity index (χ1n) is 4.65. The van der Waals surface area contributed by atoms with Gasteiger partial charge >= 0.3 is 0 Å². The lowest BCUT2D eigenvalue weighted by Crippen LogP contribution is -2.12. The van der Waals surface area contributed by atoms with Crippen LogP contribution in [0, 0.1) is 5.92 Å². The summed E-state index contributed by atoms with van der Waals surface area (Å²) in [6.07, 6.45) is 8.69. The predicted octanol–water partition coefficient (Wildman–Crippen LogP) is 4.54. The second-order valence-electron chi connectivity index (χ2n) is 3.22. The maximum atomic E-state index is 2.28. The van der Waals surface area contributed by atoms with Gasteiger partial charge in [-0.2, -0.15) is 0 Å². The molecule has 0 spiro atoms. The van der Waals surface area contributed by atoms with Crippen LogP contribution in [0.15, 0.2) is 23.8 Å². The lowest BCUT2D eigenvalue weighted by molar-refractivity contribution is 0.667. The summed E-state index contributed by atoms with van der Waals surface area (Å²) in [5.74, 6) is 0.694. The highest BCUT2D eigenvalue weighted by Crippen LogP contribution is 2.34. The van der Waals surface area contributed by atoms with Crippen LogP contribution in [-0.2, 0) is 0 Å². The fourth-order valence-corrected chi connectivity index (χ4v) is 3.58. The molecular weight excluding hydrogens is 196 g/mol. The first-order valence-corrected chi connectivity index (χ1v) is 7.27. The third-order valence-electron chi connectivity index (χ3n) is 1.83. The van der Waals surface area contributed by atoms with Gasteiger partial charge in [0.15, 0.2) is 0 Å². The Labute approximate surface area is 90.7 Å². The molecule has 0 saturated carbocycles. The molecule has 0 aromatic rings. The van der Waals surface area contributed by atoms with E-state index in [4.69, 9.17) is 0 Å². The zero-order valence-corrected chi connectivity index (χ0v) is 10.8. The van der Waals surface area contributed by atoms with Crippen molar-refractivity contribution in [2.24, 2.45) is 5.92 Å². The van der Waals surface area contributed by atoms with E-state index in [-0.39, 0.29) is 0 Å². The topological polar surface area (TPSA) is 0 Å². The minimum absolute atomic E-state index is 0.621. The van der Waals surface area contributed by atoms with Crippen molar-refractivity contribution in [3.63, 3.8) is 0 Å². The van der Waals surface area contributed by atoms with Crippen molar-refractivity contribution in [2.75, 3.05) is 6.26 Å². The van der Waals surface area contributed by atoms with Crippen LogP contribution in [0.25, 0.3) is 0 Å². The van der Waals surface area contributed by atoms with E-state index in [1.165, 1.54) is 5.57 Å². The van der Waals surface area contributed by atoms with E-state index in [9.17, 15) is 0 Å². The number of hydrogen-bond acceptors (Lipinski definition) is 2. The summed E-state index contributed by atoms with van der Waals surface area (Å²) in [5.41, 5.74) is 1.44. The molecule has 0 fully saturated rings. The van der Waals surface area contributed by atoms with E-state index in [1.54, 1.807) is 0 Å². The summed E-state index contributed by atoms with van der Waals surface area (Å²) >= 11 is 0. The van der Waals surface area contributed by atoms with Gasteiger partial charge in [-0.3, -0.25) is 0 Å². The monoisotopic (exact) mass is 216 g/mol. The van der Waals surface area contributed by atoms with Crippen LogP contribution < -0.4 is 0 Å². The largest absolute Gasteiger partial charge is 0.0970 e. The Kier molecular flexibility index (Phi) is 7.68. The van der Waals surface area contributed by atoms with E-state index in [0.717, 1.165) is 0 Å². The third-order valence-corrected chi connectivity index (χ3v) is 4.24. The average molecular weight is 216 g/mol. The van der Waals surface area contributed by atoms with E-state index < -0.39 is 0 Å². The lowest BCUT2D eigenvalue weighted by Gasteiger charge is -2.20. The molecule has 0 rings (SSSR count). The molecular formula is C11H20S2. The zero-order valence-electron chi connectivity index (χ0n) is 9.20. The smallest absolute Gasteiger partial charge is 0.0420 e. The molecule has 76 valence electrons. The molecule has 0 aliphatic carbocycles. The van der Waals surface area contributed by atoms with E-state index in [1.807, 2.05) is 21.6 Å². The summed E-state index contributed by atoms with van der Waals surface area (Å²) < 4.78 is 0. The van der Waals surface area contributed by atoms with Crippen molar-refractivity contribution >= 4 is 21.6 Å². The number of rotatable bonds is 5. The Hall–Kier alpha value is 0.180. The Morgan fingerprint density at radius 3 is 2.15 bits per heavy atom. The first-order chi connectivity index (χ1) is 6.17. The second kappa shape index (κ2) is 7.57. The van der Waals surface area contributed by atoms with Crippen molar-refractivity contribution in [1.82, 2.24) is 0 Å². The van der Waals surface area contributed by atoms with Gasteiger partial charge in [-0.05, 0) is 31.6 Å². The van der Waals surface area contributed by atoms with Gasteiger partial charge in [0.2, 0.25) is 0 Å². The summed E-state index contributed by atoms with van der Waals surface area (Å²) in [4.78, 5) is 0. The van der Waals surface area contributed by atoms with Gasteiger partial charge in [-0.15, -0.1) is 0 Å². The number of allylic oxidation sites excluding steroid dienone is 3. The van der Waals surface area contributed by atoms with Crippen molar-refractivity contribution in [1.29, 1.82) is 0 Å². The average Bonchev–Trinajstić information content (AvgIpc) is 2.10. The summed E-state index contributed by atoms with van der Waals surface area (Å²) in [5, 5.41) is 0.621. The van der Waals surface area contributed by atoms with Gasteiger partial charge in [-0.25, -0.2) is 0 Å². The highest BCUT2D eigenvalue weighted by Gasteiger charge is 2.15. The normalized spacial score (nSPS) is 15.7. The standard InChI is InChI=1S/C11H20S2/c1-6-8-10(7-2)11(9(3)4)13-12-5/h6-9,11H,1-5H3/b8-6-,10-7+. The van der Waals surface area contributed by atoms with Crippen LogP contribution in [0.1, 0.15) is 27.7 Å². The Bertz CT molecular complexity index is 181. The molecule has 0 aliphatic heterocycles. The molecule has 2 heteroatoms. The molecule has 0 N–H and O–H groups in total. The highest BCUT2D eigenvalue weighted by atomic mass is 33.1. The van der Waals surface area contributed by atoms with Crippen LogP contribution in [0.3, 0.4) is 0 Å². The molecule has 1 unspecified atom stereocenters. The SMILES string of the molecule is C/C=C\C(=C/C)C(SSC)C(C)C. The Balaban J connectivity index is 4.49. The van der Waals surface area contributed by atoms with Crippen molar-refractivity contribution in [3.8, 4) is 0 Å². The summed E-state index contributed by atoms with van der Waals surface area (Å²) in [7, 11) is 3.80. The molecule has 0 saturated heterocycles. The Morgan fingerprint density at radius 1 is 1.23 bits per heavy atom. The van der Waals surface area contributed by atoms with Gasteiger partial charge < -0.3 is 0 Å². The quantitative estimate of drug-likeness (QED) is 0.488. The Morgan fingerprint density at radius 2 is 1.85 bits per heavy atom. The molecule has 1 atom stereocenters. The second-order valence-corrected chi connectivity index (χ2v) is 5.83. The molecule has 0 radical (unpaired) electrons. The fraction of sp³-hybridized carbons (Fsp3) is 0.636. The fourth-order valence-electron chi connectivity index (χ4n) is 1.20. The van der Waals surface area contributed by atoms with Gasteiger partial charge in [0, 0.05) is 5.25 Å². The van der Waals surface area contributed by atoms with Crippen LogP contribution >= 0.6 is 21.6 Å². The molecule has 0 amide bonds. The highest BCUT2D eigenvalue weighted by molar-refractivity contribution is 8.76. The molecule has 0 bridgehead atoms. The van der Waals surface area contributed by atoms with E-state index in [0.29, 0.717) is 11.2 Å². The van der Waals surface area contributed by atoms with Crippen LogP contribution in [0.2, 0.25) is 0 Å². The minimum atomic E-state index is 0.621. The maximum Gasteiger partial charge on any atom is 0.0420 e. The van der Waals surface area contributed by atoms with Gasteiger partial charge in [-0.1, -0.05) is 53.7 Å². The van der Waals surface area contributed by atoms with Crippen molar-refractivity contribution in [3.05, 3.63) is 23.8 Å². The molecule has 0 nitrogen and oxygen atoms in total. The molecule has 0 aromatic carbocycles. The zero-order chi connectivity index (χ0) is 10.3. The summed E-state index contributed by atoms with van der Waals surface area (Å²) in [6.45, 7) is 8.75. The first kappa shape index (κ1) is 13.2. The summed E-state index contributed by atoms with van der Waals surface area (Å²) in [6, 6.07) is 0. The van der Waals surface area contributed by atoms with E-state index >= 15 is 0 Å². The minimum Gasteiger partial charge on any atom is -0.0970 e. The maximum absolute atomic E-state index is 2.28. The van der Waals surface area contributed by atoms with Crippen LogP contribution in [0.5, 0.6) is 0 Å². The van der Waals surface area contributed by atoms with Gasteiger partial charge in [0.1, 0.15) is 0 Å². The van der Waals surface area contributed by atoms with Crippen LogP contribution in [0.4, 0.5) is 0 Å². The van der Waals surface area contributed by atoms with Crippen LogP contribution in [-0.4, -0.2) is 11.5 Å². The molecule has 0 aromatic heterocycles. The van der Waals surface area contributed by atoms with Crippen molar-refractivity contribution in [2.45, 2.75) is 32.9 Å². The predicted molar refractivity (Wildman–Crippen MR) is 68.3 cm³/mol. The lowest BCUT2D eigenvalue weighted by atomic mass is 10.0.